The first-order valence-corrected chi connectivity index (χ1v) is 11.2. The summed E-state index contributed by atoms with van der Waals surface area (Å²) in [5.74, 6) is 1.80. The summed E-state index contributed by atoms with van der Waals surface area (Å²) in [5.41, 5.74) is 1.43. The maximum Gasteiger partial charge on any atom is 0.348 e. The number of piperidine rings is 1. The fourth-order valence-electron chi connectivity index (χ4n) is 4.62. The van der Waals surface area contributed by atoms with Crippen LogP contribution in [-0.4, -0.2) is 56.5 Å². The van der Waals surface area contributed by atoms with Crippen LogP contribution in [-0.2, 0) is 6.42 Å². The molecule has 1 fully saturated rings. The molecule has 0 bridgehead atoms. The maximum absolute atomic E-state index is 12.8. The summed E-state index contributed by atoms with van der Waals surface area (Å²) in [7, 11) is 1.59. The van der Waals surface area contributed by atoms with Crippen molar-refractivity contribution < 1.29 is 9.84 Å². The van der Waals surface area contributed by atoms with Crippen LogP contribution in [0.2, 0.25) is 0 Å². The Hall–Kier alpha value is -3.65. The van der Waals surface area contributed by atoms with Gasteiger partial charge in [-0.2, -0.15) is 4.68 Å². The van der Waals surface area contributed by atoms with E-state index in [4.69, 9.17) is 4.74 Å². The van der Waals surface area contributed by atoms with E-state index in [0.717, 1.165) is 66.7 Å². The van der Waals surface area contributed by atoms with E-state index in [1.54, 1.807) is 25.6 Å². The molecule has 0 spiro atoms. The first-order chi connectivity index (χ1) is 16.1. The van der Waals surface area contributed by atoms with Crippen LogP contribution in [0.3, 0.4) is 0 Å². The number of methoxy groups -OCH3 is 1. The summed E-state index contributed by atoms with van der Waals surface area (Å²) >= 11 is 0. The van der Waals surface area contributed by atoms with E-state index in [0.29, 0.717) is 5.75 Å². The number of nitrogens with zero attached hydrogens (tertiary/aromatic N) is 4. The molecule has 2 aromatic heterocycles. The quantitative estimate of drug-likeness (QED) is 0.473. The molecule has 2 N–H and O–H groups in total. The van der Waals surface area contributed by atoms with Gasteiger partial charge in [-0.15, -0.1) is 5.10 Å². The molecule has 2 aromatic carbocycles. The largest absolute Gasteiger partial charge is 0.508 e. The number of hydrogen-bond donors (Lipinski definition) is 2. The summed E-state index contributed by atoms with van der Waals surface area (Å²) in [6, 6.07) is 13.1. The molecular formula is C25H27N5O3. The Kier molecular flexibility index (Phi) is 5.83. The van der Waals surface area contributed by atoms with Crippen LogP contribution in [0.4, 0.5) is 0 Å². The first-order valence-electron chi connectivity index (χ1n) is 11.2. The lowest BCUT2D eigenvalue weighted by Gasteiger charge is -2.31. The van der Waals surface area contributed by atoms with Gasteiger partial charge in [-0.1, -0.05) is 18.2 Å². The van der Waals surface area contributed by atoms with E-state index in [1.807, 2.05) is 36.4 Å². The Morgan fingerprint density at radius 2 is 2.15 bits per heavy atom. The molecule has 33 heavy (non-hydrogen) atoms. The number of phenols is 1. The van der Waals surface area contributed by atoms with Crippen molar-refractivity contribution in [2.24, 2.45) is 0 Å². The van der Waals surface area contributed by atoms with Crippen LogP contribution in [0.25, 0.3) is 16.5 Å². The van der Waals surface area contributed by atoms with Crippen molar-refractivity contribution in [3.05, 3.63) is 76.7 Å². The van der Waals surface area contributed by atoms with Crippen LogP contribution in [0, 0.1) is 0 Å². The van der Waals surface area contributed by atoms with E-state index in [9.17, 15) is 9.90 Å². The Bertz CT molecular complexity index is 1320. The van der Waals surface area contributed by atoms with E-state index in [1.165, 1.54) is 4.68 Å². The molecule has 4 aromatic rings. The first kappa shape index (κ1) is 21.2. The highest BCUT2D eigenvalue weighted by Crippen LogP contribution is 2.27. The second-order valence-electron chi connectivity index (χ2n) is 8.49. The standard InChI is InChI=1S/C25H27N5O3/c1-33-20-8-7-17(23(31)14-20)10-13-29-12-3-5-19(16-29)24-27-25(32)30(28-24)22-6-2-4-18-15-26-11-9-21(18)22/h2,4,6-9,11,14-15,19,31H,3,5,10,12-13,16H2,1H3,(H,27,28,32)/t19-/m0/s1. The number of benzene rings is 2. The third-order valence-electron chi connectivity index (χ3n) is 6.40. The molecule has 8 heteroatoms. The summed E-state index contributed by atoms with van der Waals surface area (Å²) in [5, 5.41) is 16.8. The lowest BCUT2D eigenvalue weighted by molar-refractivity contribution is 0.206. The van der Waals surface area contributed by atoms with Crippen LogP contribution in [0.1, 0.15) is 30.1 Å². The fraction of sp³-hybridized carbons (Fsp3) is 0.320. The van der Waals surface area contributed by atoms with Crippen molar-refractivity contribution in [3.63, 3.8) is 0 Å². The van der Waals surface area contributed by atoms with Crippen molar-refractivity contribution in [1.29, 1.82) is 0 Å². The number of aromatic amines is 1. The Balaban J connectivity index is 1.32. The number of aromatic nitrogens is 4. The lowest BCUT2D eigenvalue weighted by Crippen LogP contribution is -2.36. The number of H-pyrrole nitrogens is 1. The summed E-state index contributed by atoms with van der Waals surface area (Å²) in [4.78, 5) is 22.3. The van der Waals surface area contributed by atoms with Gasteiger partial charge in [-0.25, -0.2) is 4.79 Å². The molecule has 1 atom stereocenters. The van der Waals surface area contributed by atoms with Crippen LogP contribution < -0.4 is 10.4 Å². The van der Waals surface area contributed by atoms with Crippen molar-refractivity contribution in [3.8, 4) is 17.2 Å². The molecule has 170 valence electrons. The van der Waals surface area contributed by atoms with Gasteiger partial charge in [-0.05, 0) is 49.6 Å². The molecule has 0 saturated carbocycles. The van der Waals surface area contributed by atoms with Crippen molar-refractivity contribution in [2.45, 2.75) is 25.2 Å². The smallest absolute Gasteiger partial charge is 0.348 e. The van der Waals surface area contributed by atoms with E-state index in [-0.39, 0.29) is 17.4 Å². The second kappa shape index (κ2) is 9.07. The van der Waals surface area contributed by atoms with Gasteiger partial charge >= 0.3 is 5.69 Å². The normalized spacial score (nSPS) is 16.8. The van der Waals surface area contributed by atoms with E-state index >= 15 is 0 Å². The van der Waals surface area contributed by atoms with Gasteiger partial charge in [0.05, 0.1) is 12.8 Å². The average molecular weight is 446 g/mol. The number of likely N-dealkylation sites (tertiary alicyclic amines) is 1. The molecule has 1 aliphatic rings. The van der Waals surface area contributed by atoms with Gasteiger partial charge in [0.2, 0.25) is 0 Å². The fourth-order valence-corrected chi connectivity index (χ4v) is 4.62. The molecular weight excluding hydrogens is 418 g/mol. The molecule has 1 aliphatic heterocycles. The average Bonchev–Trinajstić information content (AvgIpc) is 3.24. The minimum absolute atomic E-state index is 0.161. The van der Waals surface area contributed by atoms with Gasteiger partial charge in [0, 0.05) is 48.2 Å². The minimum atomic E-state index is -0.227. The van der Waals surface area contributed by atoms with Gasteiger partial charge in [-0.3, -0.25) is 9.97 Å². The molecule has 0 radical (unpaired) electrons. The molecule has 5 rings (SSSR count). The van der Waals surface area contributed by atoms with Crippen molar-refractivity contribution >= 4 is 10.8 Å². The summed E-state index contributed by atoms with van der Waals surface area (Å²) in [6.07, 6.45) is 6.28. The number of ether oxygens (including phenoxy) is 1. The SMILES string of the molecule is COc1ccc(CCN2CCC[C@H](c3nn(-c4cccc5cnccc45)c(=O)[nH]3)C2)c(O)c1. The number of phenolic OH excluding ortho intramolecular Hbond substituents is 1. The van der Waals surface area contributed by atoms with Gasteiger partial charge in [0.25, 0.3) is 0 Å². The second-order valence-corrected chi connectivity index (χ2v) is 8.49. The monoisotopic (exact) mass is 445 g/mol. The molecule has 0 amide bonds. The Morgan fingerprint density at radius 3 is 3.00 bits per heavy atom. The third-order valence-corrected chi connectivity index (χ3v) is 6.40. The Morgan fingerprint density at radius 1 is 1.24 bits per heavy atom. The number of hydrogen-bond acceptors (Lipinski definition) is 6. The number of fused-ring (bicyclic) bond motifs is 1. The van der Waals surface area contributed by atoms with Gasteiger partial charge < -0.3 is 14.7 Å². The third kappa shape index (κ3) is 4.34. The molecule has 8 nitrogen and oxygen atoms in total. The predicted molar refractivity (Wildman–Crippen MR) is 126 cm³/mol. The molecule has 0 unspecified atom stereocenters. The highest BCUT2D eigenvalue weighted by molar-refractivity contribution is 5.89. The number of aromatic hydroxyl groups is 1. The molecule has 1 saturated heterocycles. The minimum Gasteiger partial charge on any atom is -0.508 e. The van der Waals surface area contributed by atoms with Crippen molar-refractivity contribution in [2.75, 3.05) is 26.7 Å². The topological polar surface area (TPSA) is 96.3 Å². The van der Waals surface area contributed by atoms with Crippen LogP contribution >= 0.6 is 0 Å². The zero-order valence-corrected chi connectivity index (χ0v) is 18.6. The molecule has 3 heterocycles. The van der Waals surface area contributed by atoms with E-state index in [2.05, 4.69) is 20.0 Å². The summed E-state index contributed by atoms with van der Waals surface area (Å²) < 4.78 is 6.63. The van der Waals surface area contributed by atoms with Gasteiger partial charge in [0.15, 0.2) is 0 Å². The maximum atomic E-state index is 12.8. The highest BCUT2D eigenvalue weighted by atomic mass is 16.5. The zero-order chi connectivity index (χ0) is 22.8. The van der Waals surface area contributed by atoms with E-state index < -0.39 is 0 Å². The number of rotatable bonds is 6. The predicted octanol–water partition coefficient (Wildman–Crippen LogP) is 3.25. The number of nitrogens with one attached hydrogen (secondary N) is 1. The van der Waals surface area contributed by atoms with Gasteiger partial charge in [0.1, 0.15) is 17.3 Å². The van der Waals surface area contributed by atoms with Crippen molar-refractivity contribution in [1.82, 2.24) is 24.6 Å². The van der Waals surface area contributed by atoms with Crippen LogP contribution in [0.15, 0.2) is 59.7 Å². The Labute approximate surface area is 191 Å². The number of pyridine rings is 1. The molecule has 0 aliphatic carbocycles. The van der Waals surface area contributed by atoms with Crippen LogP contribution in [0.5, 0.6) is 11.5 Å². The summed E-state index contributed by atoms with van der Waals surface area (Å²) in [6.45, 7) is 2.65. The zero-order valence-electron chi connectivity index (χ0n) is 18.6. The highest BCUT2D eigenvalue weighted by Gasteiger charge is 2.25. The lowest BCUT2D eigenvalue weighted by atomic mass is 9.97.